The van der Waals surface area contributed by atoms with Gasteiger partial charge in [-0.2, -0.15) is 0 Å². The van der Waals surface area contributed by atoms with Gasteiger partial charge >= 0.3 is 11.9 Å². The molecule has 0 bridgehead atoms. The summed E-state index contributed by atoms with van der Waals surface area (Å²) in [7, 11) is 0. The number of rotatable bonds is 11. The number of thioether (sulfide) groups is 1. The molecule has 33 heavy (non-hydrogen) atoms. The van der Waals surface area contributed by atoms with Crippen molar-refractivity contribution in [2.45, 2.75) is 50.0 Å². The van der Waals surface area contributed by atoms with E-state index >= 15 is 0 Å². The minimum absolute atomic E-state index is 0.182. The van der Waals surface area contributed by atoms with Crippen LogP contribution in [0.1, 0.15) is 18.1 Å². The first-order valence-electron chi connectivity index (χ1n) is 10.6. The number of hydrogen-bond acceptors (Lipinski definition) is 7. The molecule has 3 rings (SSSR count). The number of halogens is 1. The fourth-order valence-electron chi connectivity index (χ4n) is 3.52. The Bertz CT molecular complexity index is 883. The largest absolute Gasteiger partial charge is 0.479 e. The van der Waals surface area contributed by atoms with Gasteiger partial charge in [-0.05, 0) is 16.9 Å². The molecule has 0 saturated carbocycles. The summed E-state index contributed by atoms with van der Waals surface area (Å²) in [5.41, 5.74) is 1.19. The Balaban J connectivity index is 1.90. The van der Waals surface area contributed by atoms with E-state index in [-0.39, 0.29) is 13.2 Å². The van der Waals surface area contributed by atoms with E-state index in [2.05, 4.69) is 0 Å². The Morgan fingerprint density at radius 3 is 1.97 bits per heavy atom. The van der Waals surface area contributed by atoms with Gasteiger partial charge in [0.05, 0.1) is 13.2 Å². The first-order chi connectivity index (χ1) is 16.0. The summed E-state index contributed by atoms with van der Waals surface area (Å²) >= 11 is 7.05. The number of carbonyl (C=O) groups excluding carboxylic acids is 1. The average molecular weight is 495 g/mol. The van der Waals surface area contributed by atoms with Crippen molar-refractivity contribution in [3.8, 4) is 0 Å². The zero-order chi connectivity index (χ0) is 23.6. The number of benzene rings is 2. The Labute approximate surface area is 202 Å². The summed E-state index contributed by atoms with van der Waals surface area (Å²) in [6.45, 7) is 2.38. The molecular formula is C24H27ClO7S. The number of esters is 1. The van der Waals surface area contributed by atoms with E-state index in [4.69, 9.17) is 30.5 Å². The molecule has 2 aromatic rings. The van der Waals surface area contributed by atoms with Gasteiger partial charge < -0.3 is 24.1 Å². The van der Waals surface area contributed by atoms with Crippen LogP contribution in [-0.2, 0) is 41.8 Å². The fraction of sp³-hybridized carbons (Fsp3) is 0.417. The fourth-order valence-corrected chi connectivity index (χ4v) is 4.53. The molecule has 0 amide bonds. The minimum Gasteiger partial charge on any atom is -0.479 e. The maximum atomic E-state index is 12.1. The maximum Gasteiger partial charge on any atom is 0.336 e. The van der Waals surface area contributed by atoms with Crippen LogP contribution in [0.3, 0.4) is 0 Å². The van der Waals surface area contributed by atoms with Gasteiger partial charge in [-0.25, -0.2) is 4.79 Å². The van der Waals surface area contributed by atoms with E-state index < -0.39 is 47.7 Å². The molecule has 1 aliphatic heterocycles. The Morgan fingerprint density at radius 1 is 0.939 bits per heavy atom. The summed E-state index contributed by atoms with van der Waals surface area (Å²) in [6.07, 6.45) is -4.23. The minimum atomic E-state index is -1.42. The SMILES string of the molecule is CCS[C@@H]1O[C@H](C(=O)O)[C@H](OC(=O)CCl)[C@H](OCc2ccccc2)[C@H]1OCc1ccccc1. The average Bonchev–Trinajstić information content (AvgIpc) is 2.84. The Morgan fingerprint density at radius 2 is 1.48 bits per heavy atom. The van der Waals surface area contributed by atoms with Crippen LogP contribution in [0, 0.1) is 0 Å². The van der Waals surface area contributed by atoms with Crippen LogP contribution >= 0.6 is 23.4 Å². The summed E-state index contributed by atoms with van der Waals surface area (Å²) in [5.74, 6) is -1.76. The van der Waals surface area contributed by atoms with E-state index in [1.807, 2.05) is 67.6 Å². The molecule has 9 heteroatoms. The molecule has 1 aliphatic rings. The molecule has 0 aliphatic carbocycles. The van der Waals surface area contributed by atoms with Crippen LogP contribution in [0.15, 0.2) is 60.7 Å². The number of carboxylic acids is 1. The van der Waals surface area contributed by atoms with Crippen LogP contribution < -0.4 is 0 Å². The third-order valence-electron chi connectivity index (χ3n) is 5.02. The van der Waals surface area contributed by atoms with Crippen molar-refractivity contribution in [3.63, 3.8) is 0 Å². The van der Waals surface area contributed by atoms with Crippen molar-refractivity contribution in [3.05, 3.63) is 71.8 Å². The molecule has 0 unspecified atom stereocenters. The normalized spacial score (nSPS) is 24.8. The second-order valence-corrected chi connectivity index (χ2v) is 8.97. The topological polar surface area (TPSA) is 91.3 Å². The zero-order valence-corrected chi connectivity index (χ0v) is 19.7. The highest BCUT2D eigenvalue weighted by Gasteiger charge is 2.52. The lowest BCUT2D eigenvalue weighted by Crippen LogP contribution is -2.61. The third-order valence-corrected chi connectivity index (χ3v) is 6.28. The maximum absolute atomic E-state index is 12.1. The van der Waals surface area contributed by atoms with Crippen LogP contribution in [0.5, 0.6) is 0 Å². The van der Waals surface area contributed by atoms with Gasteiger partial charge in [0, 0.05) is 0 Å². The molecule has 0 spiro atoms. The number of carbonyl (C=O) groups is 2. The lowest BCUT2D eigenvalue weighted by Gasteiger charge is -2.44. The Kier molecular flexibility index (Phi) is 10.0. The van der Waals surface area contributed by atoms with Crippen molar-refractivity contribution in [2.24, 2.45) is 0 Å². The van der Waals surface area contributed by atoms with Crippen molar-refractivity contribution < 1.29 is 33.6 Å². The molecule has 2 aromatic carbocycles. The van der Waals surface area contributed by atoms with Gasteiger partial charge in [0.2, 0.25) is 0 Å². The molecule has 0 aromatic heterocycles. The van der Waals surface area contributed by atoms with Gasteiger partial charge in [0.15, 0.2) is 12.2 Å². The highest BCUT2D eigenvalue weighted by molar-refractivity contribution is 7.99. The highest BCUT2D eigenvalue weighted by Crippen LogP contribution is 2.35. The number of hydrogen-bond donors (Lipinski definition) is 1. The van der Waals surface area contributed by atoms with E-state index in [1.54, 1.807) is 0 Å². The molecule has 5 atom stereocenters. The number of alkyl halides is 1. The van der Waals surface area contributed by atoms with Gasteiger partial charge in [0.25, 0.3) is 0 Å². The molecule has 0 radical (unpaired) electrons. The Hall–Kier alpha value is -2.10. The molecular weight excluding hydrogens is 468 g/mol. The van der Waals surface area contributed by atoms with Crippen LogP contribution in [0.2, 0.25) is 0 Å². The van der Waals surface area contributed by atoms with Gasteiger partial charge in [-0.15, -0.1) is 23.4 Å². The second kappa shape index (κ2) is 13.0. The van der Waals surface area contributed by atoms with Crippen molar-refractivity contribution >= 4 is 35.3 Å². The summed E-state index contributed by atoms with van der Waals surface area (Å²) in [6, 6.07) is 19.0. The van der Waals surface area contributed by atoms with E-state index in [0.29, 0.717) is 5.75 Å². The summed E-state index contributed by atoms with van der Waals surface area (Å²) in [4.78, 5) is 24.1. The van der Waals surface area contributed by atoms with Gasteiger partial charge in [-0.3, -0.25) is 4.79 Å². The first-order valence-corrected chi connectivity index (χ1v) is 12.2. The second-order valence-electron chi connectivity index (χ2n) is 7.33. The summed E-state index contributed by atoms with van der Waals surface area (Å²) < 4.78 is 23.7. The molecule has 1 saturated heterocycles. The molecule has 7 nitrogen and oxygen atoms in total. The van der Waals surface area contributed by atoms with Gasteiger partial charge in [-0.1, -0.05) is 67.6 Å². The van der Waals surface area contributed by atoms with Crippen molar-refractivity contribution in [2.75, 3.05) is 11.6 Å². The first kappa shape index (κ1) is 25.5. The smallest absolute Gasteiger partial charge is 0.336 e. The molecule has 178 valence electrons. The van der Waals surface area contributed by atoms with Crippen LogP contribution in [0.4, 0.5) is 0 Å². The van der Waals surface area contributed by atoms with Crippen molar-refractivity contribution in [1.29, 1.82) is 0 Å². The van der Waals surface area contributed by atoms with E-state index in [0.717, 1.165) is 11.1 Å². The standard InChI is InChI=1S/C24H27ClO7S/c1-2-33-24-22(30-15-17-11-7-4-8-12-17)19(29-14-16-9-5-3-6-10-16)20(31-18(26)13-25)21(32-24)23(27)28/h3-12,19-22,24H,2,13-15H2,1H3,(H,27,28)/t19-,20+,21-,22+,24-/m0/s1. The quantitative estimate of drug-likeness (QED) is 0.372. The number of aliphatic carboxylic acids is 1. The lowest BCUT2D eigenvalue weighted by atomic mass is 9.98. The lowest BCUT2D eigenvalue weighted by molar-refractivity contribution is -0.242. The predicted octanol–water partition coefficient (Wildman–Crippen LogP) is 3.87. The zero-order valence-electron chi connectivity index (χ0n) is 18.2. The number of carboxylic acid groups (broad SMARTS) is 1. The van der Waals surface area contributed by atoms with Gasteiger partial charge in [0.1, 0.15) is 23.5 Å². The van der Waals surface area contributed by atoms with E-state index in [1.165, 1.54) is 11.8 Å². The predicted molar refractivity (Wildman–Crippen MR) is 125 cm³/mol. The molecule has 1 fully saturated rings. The monoisotopic (exact) mass is 494 g/mol. The molecule has 1 N–H and O–H groups in total. The highest BCUT2D eigenvalue weighted by atomic mass is 35.5. The number of ether oxygens (including phenoxy) is 4. The summed E-state index contributed by atoms with van der Waals surface area (Å²) in [5, 5.41) is 9.82. The van der Waals surface area contributed by atoms with Crippen LogP contribution in [-0.4, -0.2) is 58.5 Å². The van der Waals surface area contributed by atoms with E-state index in [9.17, 15) is 14.7 Å². The van der Waals surface area contributed by atoms with Crippen molar-refractivity contribution in [1.82, 2.24) is 0 Å². The molecule has 1 heterocycles. The van der Waals surface area contributed by atoms with Crippen LogP contribution in [0.25, 0.3) is 0 Å². The third kappa shape index (κ3) is 7.19.